The van der Waals surface area contributed by atoms with Crippen LogP contribution in [0.1, 0.15) is 6.92 Å². The Bertz CT molecular complexity index is 326. The quantitative estimate of drug-likeness (QED) is 0.704. The molecule has 0 fully saturated rings. The van der Waals surface area contributed by atoms with Crippen LogP contribution >= 0.6 is 0 Å². The van der Waals surface area contributed by atoms with Crippen molar-refractivity contribution in [3.8, 4) is 5.75 Å². The van der Waals surface area contributed by atoms with E-state index in [9.17, 15) is 0 Å². The van der Waals surface area contributed by atoms with E-state index in [0.29, 0.717) is 5.92 Å². The van der Waals surface area contributed by atoms with Crippen molar-refractivity contribution in [3.63, 3.8) is 0 Å². The maximum Gasteiger partial charge on any atom is 0.119 e. The highest BCUT2D eigenvalue weighted by Gasteiger charge is 2.14. The maximum atomic E-state index is 5.80. The molecule has 1 aromatic carbocycles. The predicted molar refractivity (Wildman–Crippen MR) is 58.3 cm³/mol. The average Bonchev–Trinajstić information content (AvgIpc) is 2.72. The van der Waals surface area contributed by atoms with Crippen molar-refractivity contribution in [2.75, 3.05) is 0 Å². The van der Waals surface area contributed by atoms with E-state index < -0.39 is 0 Å². The number of ether oxygens (including phenoxy) is 1. The van der Waals surface area contributed by atoms with Crippen LogP contribution < -0.4 is 4.74 Å². The summed E-state index contributed by atoms with van der Waals surface area (Å²) in [6.45, 7) is 2.09. The van der Waals surface area contributed by atoms with E-state index in [-0.39, 0.29) is 6.10 Å². The third-order valence-corrected chi connectivity index (χ3v) is 2.38. The minimum Gasteiger partial charge on any atom is -0.490 e. The van der Waals surface area contributed by atoms with Gasteiger partial charge in [0.1, 0.15) is 11.9 Å². The molecule has 1 aliphatic rings. The third kappa shape index (κ3) is 2.05. The Morgan fingerprint density at radius 3 is 2.36 bits per heavy atom. The fourth-order valence-corrected chi connectivity index (χ4v) is 1.55. The van der Waals surface area contributed by atoms with Crippen molar-refractivity contribution in [2.24, 2.45) is 5.92 Å². The lowest BCUT2D eigenvalue weighted by Crippen LogP contribution is -2.19. The van der Waals surface area contributed by atoms with Crippen LogP contribution in [0.4, 0.5) is 0 Å². The van der Waals surface area contributed by atoms with Crippen molar-refractivity contribution in [1.29, 1.82) is 0 Å². The first kappa shape index (κ1) is 9.07. The van der Waals surface area contributed by atoms with Crippen LogP contribution in [0.5, 0.6) is 5.75 Å². The van der Waals surface area contributed by atoms with Gasteiger partial charge in [-0.25, -0.2) is 0 Å². The third-order valence-electron chi connectivity index (χ3n) is 2.38. The summed E-state index contributed by atoms with van der Waals surface area (Å²) in [7, 11) is 0. The highest BCUT2D eigenvalue weighted by atomic mass is 16.5. The molecule has 0 aromatic heterocycles. The Morgan fingerprint density at radius 1 is 1.07 bits per heavy atom. The molecule has 0 heterocycles. The molecule has 1 aliphatic carbocycles. The molecule has 0 radical (unpaired) electrons. The zero-order valence-electron chi connectivity index (χ0n) is 8.26. The summed E-state index contributed by atoms with van der Waals surface area (Å²) in [5.41, 5.74) is 0. The van der Waals surface area contributed by atoms with E-state index in [0.717, 1.165) is 5.75 Å². The van der Waals surface area contributed by atoms with Gasteiger partial charge in [-0.1, -0.05) is 42.5 Å². The summed E-state index contributed by atoms with van der Waals surface area (Å²) in [6.07, 6.45) is 8.65. The summed E-state index contributed by atoms with van der Waals surface area (Å²) in [4.78, 5) is 0. The lowest BCUT2D eigenvalue weighted by atomic mass is 10.1. The van der Waals surface area contributed by atoms with Gasteiger partial charge < -0.3 is 4.74 Å². The van der Waals surface area contributed by atoms with Crippen LogP contribution in [0.15, 0.2) is 54.6 Å². The Balaban J connectivity index is 1.98. The second-order valence-corrected chi connectivity index (χ2v) is 3.48. The van der Waals surface area contributed by atoms with Crippen LogP contribution in [0, 0.1) is 5.92 Å². The van der Waals surface area contributed by atoms with Gasteiger partial charge >= 0.3 is 0 Å². The number of benzene rings is 1. The molecule has 14 heavy (non-hydrogen) atoms. The molecule has 1 heteroatoms. The first-order valence-corrected chi connectivity index (χ1v) is 4.93. The van der Waals surface area contributed by atoms with E-state index in [1.54, 1.807) is 0 Å². The van der Waals surface area contributed by atoms with Gasteiger partial charge in [0.15, 0.2) is 0 Å². The number of hydrogen-bond acceptors (Lipinski definition) is 1. The lowest BCUT2D eigenvalue weighted by molar-refractivity contribution is 0.196. The highest BCUT2D eigenvalue weighted by molar-refractivity contribution is 5.23. The molecule has 0 spiro atoms. The van der Waals surface area contributed by atoms with Crippen molar-refractivity contribution in [2.45, 2.75) is 13.0 Å². The van der Waals surface area contributed by atoms with E-state index in [2.05, 4.69) is 31.2 Å². The zero-order valence-corrected chi connectivity index (χ0v) is 8.26. The topological polar surface area (TPSA) is 9.23 Å². The van der Waals surface area contributed by atoms with Gasteiger partial charge in [0, 0.05) is 5.92 Å². The standard InChI is InChI=1S/C13H14O/c1-11(12-7-5-6-8-12)14-13-9-3-2-4-10-13/h2-12H,1H3. The van der Waals surface area contributed by atoms with Crippen LogP contribution in [-0.4, -0.2) is 6.10 Å². The first-order chi connectivity index (χ1) is 6.86. The van der Waals surface area contributed by atoms with Crippen molar-refractivity contribution < 1.29 is 4.74 Å². The van der Waals surface area contributed by atoms with Gasteiger partial charge in [0.2, 0.25) is 0 Å². The van der Waals surface area contributed by atoms with Gasteiger partial charge in [-0.3, -0.25) is 0 Å². The number of rotatable bonds is 3. The normalized spacial score (nSPS) is 17.2. The van der Waals surface area contributed by atoms with E-state index >= 15 is 0 Å². The summed E-state index contributed by atoms with van der Waals surface area (Å²) in [5, 5.41) is 0. The summed E-state index contributed by atoms with van der Waals surface area (Å²) < 4.78 is 5.80. The Labute approximate surface area is 84.7 Å². The van der Waals surface area contributed by atoms with Crippen molar-refractivity contribution in [1.82, 2.24) is 0 Å². The molecule has 0 aliphatic heterocycles. The molecular formula is C13H14O. The van der Waals surface area contributed by atoms with E-state index in [4.69, 9.17) is 4.74 Å². The summed E-state index contributed by atoms with van der Waals surface area (Å²) in [6, 6.07) is 9.94. The van der Waals surface area contributed by atoms with Crippen LogP contribution in [-0.2, 0) is 0 Å². The molecule has 0 N–H and O–H groups in total. The molecule has 1 nitrogen and oxygen atoms in total. The summed E-state index contributed by atoms with van der Waals surface area (Å²) in [5.74, 6) is 1.35. The van der Waals surface area contributed by atoms with Gasteiger partial charge in [0.05, 0.1) is 0 Å². The average molecular weight is 186 g/mol. The Hall–Kier alpha value is -1.50. The largest absolute Gasteiger partial charge is 0.490 e. The van der Waals surface area contributed by atoms with Crippen molar-refractivity contribution >= 4 is 0 Å². The maximum absolute atomic E-state index is 5.80. The van der Waals surface area contributed by atoms with Crippen LogP contribution in [0.3, 0.4) is 0 Å². The van der Waals surface area contributed by atoms with E-state index in [1.165, 1.54) is 0 Å². The Morgan fingerprint density at radius 2 is 1.71 bits per heavy atom. The van der Waals surface area contributed by atoms with Gasteiger partial charge in [-0.2, -0.15) is 0 Å². The molecule has 2 rings (SSSR count). The monoisotopic (exact) mass is 186 g/mol. The molecule has 1 unspecified atom stereocenters. The van der Waals surface area contributed by atoms with Crippen LogP contribution in [0.25, 0.3) is 0 Å². The summed E-state index contributed by atoms with van der Waals surface area (Å²) >= 11 is 0. The van der Waals surface area contributed by atoms with Crippen molar-refractivity contribution in [3.05, 3.63) is 54.6 Å². The second kappa shape index (κ2) is 4.14. The number of para-hydroxylation sites is 1. The molecule has 72 valence electrons. The fraction of sp³-hybridized carbons (Fsp3) is 0.231. The molecule has 1 atom stereocenters. The lowest BCUT2D eigenvalue weighted by Gasteiger charge is -2.18. The molecule has 0 bridgehead atoms. The predicted octanol–water partition coefficient (Wildman–Crippen LogP) is 3.20. The highest BCUT2D eigenvalue weighted by Crippen LogP contribution is 2.19. The van der Waals surface area contributed by atoms with E-state index in [1.807, 2.05) is 30.3 Å². The number of hydrogen-bond donors (Lipinski definition) is 0. The van der Waals surface area contributed by atoms with Gasteiger partial charge in [-0.05, 0) is 19.1 Å². The SMILES string of the molecule is CC(Oc1ccccc1)C1C=CC=C1. The second-order valence-electron chi connectivity index (χ2n) is 3.48. The minimum absolute atomic E-state index is 0.201. The smallest absolute Gasteiger partial charge is 0.119 e. The molecule has 0 saturated heterocycles. The van der Waals surface area contributed by atoms with Gasteiger partial charge in [-0.15, -0.1) is 0 Å². The van der Waals surface area contributed by atoms with Crippen LogP contribution in [0.2, 0.25) is 0 Å². The fourth-order valence-electron chi connectivity index (χ4n) is 1.55. The molecular weight excluding hydrogens is 172 g/mol. The molecule has 0 amide bonds. The molecule has 1 aromatic rings. The molecule has 0 saturated carbocycles. The Kier molecular flexibility index (Phi) is 2.68. The van der Waals surface area contributed by atoms with Gasteiger partial charge in [0.25, 0.3) is 0 Å². The minimum atomic E-state index is 0.201. The zero-order chi connectivity index (χ0) is 9.80. The first-order valence-electron chi connectivity index (χ1n) is 4.93. The number of allylic oxidation sites excluding steroid dienone is 2.